The van der Waals surface area contributed by atoms with Gasteiger partial charge >= 0.3 is 0 Å². The fourth-order valence-corrected chi connectivity index (χ4v) is 3.16. The minimum atomic E-state index is -0.0130. The SMILES string of the molecule is Cc1ccc(C2Cn3nc(-c4nc(-c5ccncc5)no4)cc3CO2)cc1. The summed E-state index contributed by atoms with van der Waals surface area (Å²) in [5.41, 5.74) is 4.90. The molecule has 1 aromatic carbocycles. The Bertz CT molecular complexity index is 1070. The summed E-state index contributed by atoms with van der Waals surface area (Å²) in [6.07, 6.45) is 3.38. The van der Waals surface area contributed by atoms with Crippen LogP contribution in [-0.4, -0.2) is 24.9 Å². The van der Waals surface area contributed by atoms with Crippen LogP contribution in [0.5, 0.6) is 0 Å². The maximum Gasteiger partial charge on any atom is 0.278 e. The van der Waals surface area contributed by atoms with Gasteiger partial charge < -0.3 is 9.26 Å². The summed E-state index contributed by atoms with van der Waals surface area (Å²) in [4.78, 5) is 8.46. The molecule has 0 saturated heterocycles. The highest BCUT2D eigenvalue weighted by molar-refractivity contribution is 5.57. The zero-order valence-electron chi connectivity index (χ0n) is 14.7. The molecule has 7 nitrogen and oxygen atoms in total. The quantitative estimate of drug-likeness (QED) is 0.556. The first-order valence-corrected chi connectivity index (χ1v) is 8.75. The lowest BCUT2D eigenvalue weighted by atomic mass is 10.1. The second-order valence-corrected chi connectivity index (χ2v) is 6.57. The molecule has 0 N–H and O–H groups in total. The molecule has 1 atom stereocenters. The number of rotatable bonds is 3. The highest BCUT2D eigenvalue weighted by atomic mass is 16.5. The summed E-state index contributed by atoms with van der Waals surface area (Å²) < 4.78 is 13.4. The first-order chi connectivity index (χ1) is 13.3. The van der Waals surface area contributed by atoms with E-state index in [2.05, 4.69) is 51.4 Å². The number of nitrogens with zero attached hydrogens (tertiary/aromatic N) is 5. The van der Waals surface area contributed by atoms with E-state index in [1.54, 1.807) is 12.4 Å². The molecule has 0 radical (unpaired) electrons. The van der Waals surface area contributed by atoms with Crippen molar-refractivity contribution < 1.29 is 9.26 Å². The van der Waals surface area contributed by atoms with Gasteiger partial charge in [0.15, 0.2) is 5.69 Å². The Kier molecular flexibility index (Phi) is 3.79. The van der Waals surface area contributed by atoms with Crippen molar-refractivity contribution in [2.75, 3.05) is 0 Å². The Labute approximate surface area is 155 Å². The van der Waals surface area contributed by atoms with Crippen LogP contribution in [-0.2, 0) is 17.9 Å². The highest BCUT2D eigenvalue weighted by Gasteiger charge is 2.24. The molecule has 27 heavy (non-hydrogen) atoms. The molecule has 0 spiro atoms. The van der Waals surface area contributed by atoms with Crippen LogP contribution >= 0.6 is 0 Å². The molecule has 7 heteroatoms. The van der Waals surface area contributed by atoms with Crippen LogP contribution < -0.4 is 0 Å². The van der Waals surface area contributed by atoms with Crippen molar-refractivity contribution in [3.05, 3.63) is 71.7 Å². The number of fused-ring (bicyclic) bond motifs is 1. The van der Waals surface area contributed by atoms with E-state index in [0.717, 1.165) is 16.8 Å². The standard InChI is InChI=1S/C20H17N5O2/c1-13-2-4-14(5-3-13)18-11-25-16(12-26-18)10-17(23-25)20-22-19(24-27-20)15-6-8-21-9-7-15/h2-10,18H,11-12H2,1H3. The predicted octanol–water partition coefficient (Wildman–Crippen LogP) is 3.58. The van der Waals surface area contributed by atoms with Gasteiger partial charge in [-0.15, -0.1) is 0 Å². The van der Waals surface area contributed by atoms with Crippen molar-refractivity contribution in [1.29, 1.82) is 0 Å². The number of ether oxygens (including phenoxy) is 1. The lowest BCUT2D eigenvalue weighted by Crippen LogP contribution is -2.21. The van der Waals surface area contributed by atoms with Crippen molar-refractivity contribution in [2.45, 2.75) is 26.2 Å². The van der Waals surface area contributed by atoms with E-state index in [1.807, 2.05) is 22.9 Å². The van der Waals surface area contributed by atoms with Crippen molar-refractivity contribution in [1.82, 2.24) is 24.9 Å². The lowest BCUT2D eigenvalue weighted by Gasteiger charge is -2.24. The Balaban J connectivity index is 1.40. The molecule has 0 amide bonds. The van der Waals surface area contributed by atoms with Crippen LogP contribution in [0.1, 0.15) is 22.9 Å². The molecule has 1 unspecified atom stereocenters. The van der Waals surface area contributed by atoms with Crippen molar-refractivity contribution >= 4 is 0 Å². The summed E-state index contributed by atoms with van der Waals surface area (Å²) in [5, 5.41) is 8.69. The number of benzene rings is 1. The molecule has 1 aliphatic heterocycles. The minimum absolute atomic E-state index is 0.0130. The average Bonchev–Trinajstić information content (AvgIpc) is 3.36. The number of hydrogen-bond acceptors (Lipinski definition) is 6. The van der Waals surface area contributed by atoms with Gasteiger partial charge in [-0.25, -0.2) is 0 Å². The predicted molar refractivity (Wildman–Crippen MR) is 97.5 cm³/mol. The second kappa shape index (κ2) is 6.44. The molecule has 0 aliphatic carbocycles. The topological polar surface area (TPSA) is 78.9 Å². The summed E-state index contributed by atoms with van der Waals surface area (Å²) in [5.74, 6) is 0.919. The minimum Gasteiger partial charge on any atom is -0.365 e. The first-order valence-electron chi connectivity index (χ1n) is 8.75. The molecule has 0 bridgehead atoms. The van der Waals surface area contributed by atoms with Gasteiger partial charge in [-0.2, -0.15) is 10.1 Å². The maximum atomic E-state index is 6.02. The molecule has 5 rings (SSSR count). The van der Waals surface area contributed by atoms with Crippen LogP contribution in [0.2, 0.25) is 0 Å². The van der Waals surface area contributed by atoms with E-state index < -0.39 is 0 Å². The van der Waals surface area contributed by atoms with E-state index in [1.165, 1.54) is 5.56 Å². The average molecular weight is 359 g/mol. The zero-order valence-corrected chi connectivity index (χ0v) is 14.7. The lowest BCUT2D eigenvalue weighted by molar-refractivity contribution is -0.00113. The van der Waals surface area contributed by atoms with Gasteiger partial charge in [0.1, 0.15) is 6.10 Å². The van der Waals surface area contributed by atoms with Crippen molar-refractivity contribution in [3.8, 4) is 23.0 Å². The van der Waals surface area contributed by atoms with Crippen LogP contribution in [0.15, 0.2) is 59.4 Å². The number of aryl methyl sites for hydroxylation is 1. The van der Waals surface area contributed by atoms with Gasteiger partial charge in [0.25, 0.3) is 5.89 Å². The Morgan fingerprint density at radius 3 is 2.70 bits per heavy atom. The van der Waals surface area contributed by atoms with Gasteiger partial charge in [0.05, 0.1) is 18.8 Å². The molecule has 1 aliphatic rings. The largest absolute Gasteiger partial charge is 0.365 e. The van der Waals surface area contributed by atoms with Crippen LogP contribution in [0.4, 0.5) is 0 Å². The van der Waals surface area contributed by atoms with Crippen molar-refractivity contribution in [3.63, 3.8) is 0 Å². The Morgan fingerprint density at radius 2 is 1.89 bits per heavy atom. The fraction of sp³-hybridized carbons (Fsp3) is 0.200. The maximum absolute atomic E-state index is 6.02. The summed E-state index contributed by atoms with van der Waals surface area (Å²) in [6.45, 7) is 3.23. The van der Waals surface area contributed by atoms with Gasteiger partial charge in [0.2, 0.25) is 5.82 Å². The molecule has 3 aromatic heterocycles. The molecular weight excluding hydrogens is 342 g/mol. The van der Waals surface area contributed by atoms with Gasteiger partial charge in [-0.05, 0) is 30.7 Å². The third kappa shape index (κ3) is 3.02. The Hall–Kier alpha value is -3.32. The summed E-state index contributed by atoms with van der Waals surface area (Å²) in [7, 11) is 0. The van der Waals surface area contributed by atoms with Gasteiger partial charge in [-0.3, -0.25) is 9.67 Å². The van der Waals surface area contributed by atoms with Crippen LogP contribution in [0.3, 0.4) is 0 Å². The van der Waals surface area contributed by atoms with E-state index in [9.17, 15) is 0 Å². The van der Waals surface area contributed by atoms with Gasteiger partial charge in [0, 0.05) is 18.0 Å². The fourth-order valence-electron chi connectivity index (χ4n) is 3.16. The molecule has 0 saturated carbocycles. The highest BCUT2D eigenvalue weighted by Crippen LogP contribution is 2.29. The Morgan fingerprint density at radius 1 is 1.07 bits per heavy atom. The second-order valence-electron chi connectivity index (χ2n) is 6.57. The number of hydrogen-bond donors (Lipinski definition) is 0. The van der Waals surface area contributed by atoms with E-state index in [4.69, 9.17) is 9.26 Å². The van der Waals surface area contributed by atoms with E-state index >= 15 is 0 Å². The van der Waals surface area contributed by atoms with Crippen LogP contribution in [0, 0.1) is 6.92 Å². The smallest absolute Gasteiger partial charge is 0.278 e. The third-order valence-electron chi connectivity index (χ3n) is 4.67. The van der Waals surface area contributed by atoms with Crippen LogP contribution in [0.25, 0.3) is 23.0 Å². The molecule has 4 aromatic rings. The van der Waals surface area contributed by atoms with Crippen molar-refractivity contribution in [2.24, 2.45) is 0 Å². The zero-order chi connectivity index (χ0) is 18.2. The monoisotopic (exact) mass is 359 g/mol. The third-order valence-corrected chi connectivity index (χ3v) is 4.67. The molecule has 4 heterocycles. The number of pyridine rings is 1. The molecular formula is C20H17N5O2. The summed E-state index contributed by atoms with van der Waals surface area (Å²) in [6, 6.07) is 14.0. The van der Waals surface area contributed by atoms with E-state index in [0.29, 0.717) is 30.6 Å². The normalized spacial score (nSPS) is 16.3. The van der Waals surface area contributed by atoms with Gasteiger partial charge in [-0.1, -0.05) is 35.0 Å². The molecule has 134 valence electrons. The molecule has 0 fully saturated rings. The summed E-state index contributed by atoms with van der Waals surface area (Å²) >= 11 is 0. The number of aromatic nitrogens is 5. The van der Waals surface area contributed by atoms with E-state index in [-0.39, 0.29) is 6.10 Å². The first kappa shape index (κ1) is 15.9.